The molecule has 1 saturated heterocycles. The average Bonchev–Trinajstić information content (AvgIpc) is 2.47. The van der Waals surface area contributed by atoms with Gasteiger partial charge in [0.15, 0.2) is 0 Å². The van der Waals surface area contributed by atoms with Crippen molar-refractivity contribution >= 4 is 6.29 Å². The van der Waals surface area contributed by atoms with Crippen molar-refractivity contribution < 1.29 is 22.7 Å². The van der Waals surface area contributed by atoms with E-state index in [1.807, 2.05) is 0 Å². The Balaban J connectivity index is 1.99. The molecule has 1 aliphatic rings. The smallest absolute Gasteiger partial charge is 0.419 e. The number of piperidine rings is 1. The number of rotatable bonds is 5. The van der Waals surface area contributed by atoms with Gasteiger partial charge in [0.2, 0.25) is 0 Å². The molecule has 2 rings (SSSR count). The Kier molecular flexibility index (Phi) is 5.22. The van der Waals surface area contributed by atoms with E-state index in [0.717, 1.165) is 32.0 Å². The van der Waals surface area contributed by atoms with Crippen LogP contribution in [0, 0.1) is 0 Å². The Morgan fingerprint density at radius 3 is 2.52 bits per heavy atom. The van der Waals surface area contributed by atoms with Crippen LogP contribution in [0.2, 0.25) is 0 Å². The molecule has 116 valence electrons. The van der Waals surface area contributed by atoms with Gasteiger partial charge in [-0.2, -0.15) is 13.2 Å². The summed E-state index contributed by atoms with van der Waals surface area (Å²) in [6.45, 7) is 2.77. The molecule has 1 heterocycles. The van der Waals surface area contributed by atoms with Crippen molar-refractivity contribution in [2.45, 2.75) is 25.4 Å². The van der Waals surface area contributed by atoms with Gasteiger partial charge in [-0.1, -0.05) is 6.42 Å². The molecular formula is C15H18F3NO2. The molecule has 6 heteroatoms. The molecule has 0 bridgehead atoms. The van der Waals surface area contributed by atoms with Crippen molar-refractivity contribution in [3.8, 4) is 5.75 Å². The molecule has 3 nitrogen and oxygen atoms in total. The van der Waals surface area contributed by atoms with E-state index in [4.69, 9.17) is 4.74 Å². The summed E-state index contributed by atoms with van der Waals surface area (Å²) in [5, 5.41) is 0. The first-order chi connectivity index (χ1) is 10.0. The van der Waals surface area contributed by atoms with Crippen LogP contribution in [0.15, 0.2) is 18.2 Å². The maximum absolute atomic E-state index is 12.9. The summed E-state index contributed by atoms with van der Waals surface area (Å²) in [6.07, 6.45) is -0.668. The van der Waals surface area contributed by atoms with E-state index in [-0.39, 0.29) is 17.9 Å². The van der Waals surface area contributed by atoms with Crippen molar-refractivity contribution in [1.82, 2.24) is 4.90 Å². The number of carbonyl (C=O) groups excluding carboxylic acids is 1. The van der Waals surface area contributed by atoms with E-state index in [1.54, 1.807) is 0 Å². The summed E-state index contributed by atoms with van der Waals surface area (Å²) in [4.78, 5) is 12.8. The Labute approximate surface area is 121 Å². The number of nitrogens with zero attached hydrogens (tertiary/aromatic N) is 1. The average molecular weight is 301 g/mol. The lowest BCUT2D eigenvalue weighted by Crippen LogP contribution is -2.33. The fourth-order valence-electron chi connectivity index (χ4n) is 2.44. The number of halogens is 3. The minimum atomic E-state index is -4.53. The second-order valence-corrected chi connectivity index (χ2v) is 5.12. The van der Waals surface area contributed by atoms with Crippen molar-refractivity contribution in [1.29, 1.82) is 0 Å². The number of alkyl halides is 3. The van der Waals surface area contributed by atoms with E-state index < -0.39 is 11.7 Å². The molecule has 21 heavy (non-hydrogen) atoms. The van der Waals surface area contributed by atoms with E-state index in [1.165, 1.54) is 18.6 Å². The lowest BCUT2D eigenvalue weighted by molar-refractivity contribution is -0.139. The highest BCUT2D eigenvalue weighted by Gasteiger charge is 2.34. The summed E-state index contributed by atoms with van der Waals surface area (Å²) >= 11 is 0. The van der Waals surface area contributed by atoms with Gasteiger partial charge in [-0.05, 0) is 44.1 Å². The topological polar surface area (TPSA) is 29.5 Å². The highest BCUT2D eigenvalue weighted by Crippen LogP contribution is 2.36. The Hall–Kier alpha value is -1.56. The summed E-state index contributed by atoms with van der Waals surface area (Å²) in [5.74, 6) is -0.217. The van der Waals surface area contributed by atoms with Gasteiger partial charge in [-0.25, -0.2) is 0 Å². The van der Waals surface area contributed by atoms with Crippen LogP contribution in [0.25, 0.3) is 0 Å². The molecule has 1 fully saturated rings. The largest absolute Gasteiger partial charge is 0.492 e. The molecule has 0 aromatic heterocycles. The Bertz CT molecular complexity index is 482. The number of hydrogen-bond acceptors (Lipinski definition) is 3. The second kappa shape index (κ2) is 6.93. The highest BCUT2D eigenvalue weighted by atomic mass is 19.4. The van der Waals surface area contributed by atoms with Gasteiger partial charge in [0.1, 0.15) is 18.6 Å². The first kappa shape index (κ1) is 15.8. The van der Waals surface area contributed by atoms with Crippen LogP contribution >= 0.6 is 0 Å². The fraction of sp³-hybridized carbons (Fsp3) is 0.533. The third kappa shape index (κ3) is 4.46. The Morgan fingerprint density at radius 1 is 1.19 bits per heavy atom. The second-order valence-electron chi connectivity index (χ2n) is 5.12. The van der Waals surface area contributed by atoms with Gasteiger partial charge in [0, 0.05) is 12.1 Å². The van der Waals surface area contributed by atoms with Gasteiger partial charge in [0.05, 0.1) is 5.56 Å². The van der Waals surface area contributed by atoms with E-state index in [9.17, 15) is 18.0 Å². The Morgan fingerprint density at radius 2 is 1.90 bits per heavy atom. The van der Waals surface area contributed by atoms with Gasteiger partial charge in [-0.3, -0.25) is 9.69 Å². The number of aldehydes is 1. The zero-order valence-electron chi connectivity index (χ0n) is 11.7. The zero-order chi connectivity index (χ0) is 15.3. The zero-order valence-corrected chi connectivity index (χ0v) is 11.7. The number of hydrogen-bond donors (Lipinski definition) is 0. The van der Waals surface area contributed by atoms with Gasteiger partial charge in [-0.15, -0.1) is 0 Å². The quantitative estimate of drug-likeness (QED) is 0.781. The van der Waals surface area contributed by atoms with Gasteiger partial charge < -0.3 is 4.74 Å². The normalized spacial score (nSPS) is 16.7. The SMILES string of the molecule is O=Cc1ccc(OCCN2CCCCC2)c(C(F)(F)F)c1. The minimum absolute atomic E-state index is 0.00861. The molecule has 0 aliphatic carbocycles. The summed E-state index contributed by atoms with van der Waals surface area (Å²) in [7, 11) is 0. The maximum Gasteiger partial charge on any atom is 0.419 e. The first-order valence-electron chi connectivity index (χ1n) is 7.02. The molecule has 0 atom stereocenters. The molecule has 0 saturated carbocycles. The predicted octanol–water partition coefficient (Wildman–Crippen LogP) is 3.38. The summed E-state index contributed by atoms with van der Waals surface area (Å²) in [5.41, 5.74) is -0.906. The van der Waals surface area contributed by atoms with Crippen LogP contribution in [-0.2, 0) is 6.18 Å². The van der Waals surface area contributed by atoms with Crippen molar-refractivity contribution in [2.24, 2.45) is 0 Å². The number of likely N-dealkylation sites (tertiary alicyclic amines) is 1. The molecule has 1 aliphatic heterocycles. The molecule has 1 aromatic rings. The summed E-state index contributed by atoms with van der Waals surface area (Å²) < 4.78 is 44.1. The monoisotopic (exact) mass is 301 g/mol. The van der Waals surface area contributed by atoms with Crippen LogP contribution in [0.5, 0.6) is 5.75 Å². The van der Waals surface area contributed by atoms with Crippen molar-refractivity contribution in [3.63, 3.8) is 0 Å². The van der Waals surface area contributed by atoms with E-state index in [2.05, 4.69) is 4.90 Å². The van der Waals surface area contributed by atoms with Gasteiger partial charge in [0.25, 0.3) is 0 Å². The number of ether oxygens (including phenoxy) is 1. The maximum atomic E-state index is 12.9. The van der Waals surface area contributed by atoms with E-state index >= 15 is 0 Å². The van der Waals surface area contributed by atoms with Crippen LogP contribution in [-0.4, -0.2) is 37.4 Å². The third-order valence-electron chi connectivity index (χ3n) is 3.56. The molecule has 0 N–H and O–H groups in total. The van der Waals surface area contributed by atoms with Crippen LogP contribution < -0.4 is 4.74 Å². The number of carbonyl (C=O) groups is 1. The lowest BCUT2D eigenvalue weighted by Gasteiger charge is -2.26. The molecule has 0 unspecified atom stereocenters. The molecule has 0 amide bonds. The third-order valence-corrected chi connectivity index (χ3v) is 3.56. The molecule has 0 spiro atoms. The standard InChI is InChI=1S/C15H18F3NO2/c16-15(17,18)13-10-12(11-20)4-5-14(13)21-9-8-19-6-2-1-3-7-19/h4-5,10-11H,1-3,6-9H2. The van der Waals surface area contributed by atoms with Crippen LogP contribution in [0.1, 0.15) is 35.2 Å². The van der Waals surface area contributed by atoms with Crippen LogP contribution in [0.3, 0.4) is 0 Å². The van der Waals surface area contributed by atoms with Crippen molar-refractivity contribution in [3.05, 3.63) is 29.3 Å². The highest BCUT2D eigenvalue weighted by molar-refractivity contribution is 5.75. The van der Waals surface area contributed by atoms with Crippen LogP contribution in [0.4, 0.5) is 13.2 Å². The fourth-order valence-corrected chi connectivity index (χ4v) is 2.44. The summed E-state index contributed by atoms with van der Waals surface area (Å²) in [6, 6.07) is 3.37. The molecule has 0 radical (unpaired) electrons. The van der Waals surface area contributed by atoms with Crippen molar-refractivity contribution in [2.75, 3.05) is 26.2 Å². The van der Waals surface area contributed by atoms with Gasteiger partial charge >= 0.3 is 6.18 Å². The molecular weight excluding hydrogens is 283 g/mol. The predicted molar refractivity (Wildman–Crippen MR) is 72.6 cm³/mol. The minimum Gasteiger partial charge on any atom is -0.492 e. The molecule has 1 aromatic carbocycles. The first-order valence-corrected chi connectivity index (χ1v) is 7.02. The number of benzene rings is 1. The lowest BCUT2D eigenvalue weighted by atomic mass is 10.1. The van der Waals surface area contributed by atoms with E-state index in [0.29, 0.717) is 12.8 Å².